The molecular formula is C11H16N2O5S. The zero-order valence-corrected chi connectivity index (χ0v) is 11.2. The van der Waals surface area contributed by atoms with Crippen molar-refractivity contribution in [3.63, 3.8) is 0 Å². The minimum absolute atomic E-state index is 0.0654. The summed E-state index contributed by atoms with van der Waals surface area (Å²) in [5.74, 6) is -0.875. The molecule has 106 valence electrons. The number of alkyl carbamates (subject to hydrolysis) is 1. The van der Waals surface area contributed by atoms with Crippen LogP contribution in [0.2, 0.25) is 0 Å². The van der Waals surface area contributed by atoms with Gasteiger partial charge in [0.2, 0.25) is 11.0 Å². The number of carbonyl (C=O) groups excluding carboxylic acids is 3. The third-order valence-corrected chi connectivity index (χ3v) is 3.47. The molecule has 0 aromatic heterocycles. The van der Waals surface area contributed by atoms with Crippen LogP contribution in [0.25, 0.3) is 0 Å². The lowest BCUT2D eigenvalue weighted by Crippen LogP contribution is -2.60. The van der Waals surface area contributed by atoms with E-state index in [1.54, 1.807) is 0 Å². The summed E-state index contributed by atoms with van der Waals surface area (Å²) in [6, 6.07) is 0. The van der Waals surface area contributed by atoms with Crippen LogP contribution in [0.5, 0.6) is 0 Å². The van der Waals surface area contributed by atoms with Gasteiger partial charge in [-0.1, -0.05) is 24.4 Å². The number of carbonyl (C=O) groups is 3. The minimum Gasteiger partial charge on any atom is -0.445 e. The second-order valence-electron chi connectivity index (χ2n) is 3.93. The van der Waals surface area contributed by atoms with E-state index >= 15 is 0 Å². The fourth-order valence-corrected chi connectivity index (χ4v) is 2.57. The monoisotopic (exact) mass is 288 g/mol. The summed E-state index contributed by atoms with van der Waals surface area (Å²) in [5, 5.41) is 13.4. The standard InChI is InChI=1S/C11H16N2O5S/c1-3-4-18-11(17)12-5-7(15)19-10-8(6(2)14)9(16)13-10/h3,6,8,10,14H,1,4-5H2,2H3,(H,12,17)(H,13,16)/t6?,8-,10-/m1/s1. The Labute approximate surface area is 114 Å². The van der Waals surface area contributed by atoms with Crippen molar-refractivity contribution in [2.24, 2.45) is 5.92 Å². The maximum atomic E-state index is 11.5. The predicted molar refractivity (Wildman–Crippen MR) is 69.2 cm³/mol. The molecule has 1 fully saturated rings. The Morgan fingerprint density at radius 1 is 1.68 bits per heavy atom. The highest BCUT2D eigenvalue weighted by molar-refractivity contribution is 8.14. The van der Waals surface area contributed by atoms with Crippen LogP contribution in [-0.2, 0) is 14.3 Å². The average Bonchev–Trinajstić information content (AvgIpc) is 2.32. The Bertz CT molecular complexity index is 385. The number of rotatable bonds is 6. The van der Waals surface area contributed by atoms with Crippen molar-refractivity contribution in [3.8, 4) is 0 Å². The van der Waals surface area contributed by atoms with Gasteiger partial charge in [-0.05, 0) is 6.92 Å². The maximum absolute atomic E-state index is 11.5. The van der Waals surface area contributed by atoms with Gasteiger partial charge in [0.1, 0.15) is 6.61 Å². The Balaban J connectivity index is 2.26. The van der Waals surface area contributed by atoms with Gasteiger partial charge in [0.05, 0.1) is 23.9 Å². The van der Waals surface area contributed by atoms with E-state index in [9.17, 15) is 19.5 Å². The number of aliphatic hydroxyl groups excluding tert-OH is 1. The zero-order chi connectivity index (χ0) is 14.4. The topological polar surface area (TPSA) is 105 Å². The molecule has 2 amide bonds. The fourth-order valence-electron chi connectivity index (χ4n) is 1.46. The molecule has 0 aliphatic carbocycles. The second kappa shape index (κ2) is 7.15. The van der Waals surface area contributed by atoms with Crippen molar-refractivity contribution in [1.29, 1.82) is 0 Å². The summed E-state index contributed by atoms with van der Waals surface area (Å²) >= 11 is 0.871. The van der Waals surface area contributed by atoms with Crippen molar-refractivity contribution >= 4 is 28.9 Å². The highest BCUT2D eigenvalue weighted by Gasteiger charge is 2.43. The first-order valence-electron chi connectivity index (χ1n) is 5.65. The lowest BCUT2D eigenvalue weighted by atomic mass is 9.96. The van der Waals surface area contributed by atoms with Gasteiger partial charge >= 0.3 is 6.09 Å². The predicted octanol–water partition coefficient (Wildman–Crippen LogP) is -0.389. The van der Waals surface area contributed by atoms with Crippen LogP contribution in [-0.4, -0.2) is 46.9 Å². The summed E-state index contributed by atoms with van der Waals surface area (Å²) in [6.45, 7) is 4.73. The van der Waals surface area contributed by atoms with Crippen LogP contribution in [0, 0.1) is 5.92 Å². The Hall–Kier alpha value is -1.54. The molecule has 0 saturated carbocycles. The van der Waals surface area contributed by atoms with E-state index in [0.29, 0.717) is 0 Å². The highest BCUT2D eigenvalue weighted by atomic mass is 32.2. The van der Waals surface area contributed by atoms with Gasteiger partial charge in [0.25, 0.3) is 0 Å². The first kappa shape index (κ1) is 15.5. The third kappa shape index (κ3) is 4.56. The molecule has 0 radical (unpaired) electrons. The number of hydrogen-bond donors (Lipinski definition) is 3. The molecule has 0 bridgehead atoms. The second-order valence-corrected chi connectivity index (χ2v) is 5.13. The van der Waals surface area contributed by atoms with Crippen LogP contribution in [0.15, 0.2) is 12.7 Å². The summed E-state index contributed by atoms with van der Waals surface area (Å²) in [4.78, 5) is 33.7. The molecule has 1 rings (SSSR count). The average molecular weight is 288 g/mol. The smallest absolute Gasteiger partial charge is 0.407 e. The summed E-state index contributed by atoms with van der Waals surface area (Å²) < 4.78 is 4.62. The maximum Gasteiger partial charge on any atom is 0.407 e. The molecule has 0 spiro atoms. The zero-order valence-electron chi connectivity index (χ0n) is 10.4. The van der Waals surface area contributed by atoms with E-state index < -0.39 is 23.5 Å². The number of nitrogens with one attached hydrogen (secondary N) is 2. The van der Waals surface area contributed by atoms with Crippen molar-refractivity contribution in [2.45, 2.75) is 18.4 Å². The highest BCUT2D eigenvalue weighted by Crippen LogP contribution is 2.28. The molecule has 1 unspecified atom stereocenters. The summed E-state index contributed by atoms with van der Waals surface area (Å²) in [5.41, 5.74) is 0. The van der Waals surface area contributed by atoms with Gasteiger partial charge in [0.15, 0.2) is 0 Å². The van der Waals surface area contributed by atoms with Gasteiger partial charge < -0.3 is 20.5 Å². The van der Waals surface area contributed by atoms with Crippen molar-refractivity contribution in [3.05, 3.63) is 12.7 Å². The van der Waals surface area contributed by atoms with E-state index in [1.807, 2.05) is 0 Å². The van der Waals surface area contributed by atoms with Crippen LogP contribution >= 0.6 is 11.8 Å². The first-order chi connectivity index (χ1) is 8.95. The summed E-state index contributed by atoms with van der Waals surface area (Å²) in [6.07, 6.45) is -0.115. The molecule has 3 N–H and O–H groups in total. The van der Waals surface area contributed by atoms with Gasteiger partial charge in [-0.2, -0.15) is 0 Å². The van der Waals surface area contributed by atoms with Crippen molar-refractivity contribution < 1.29 is 24.2 Å². The molecule has 1 saturated heterocycles. The number of ether oxygens (including phenoxy) is 1. The van der Waals surface area contributed by atoms with Crippen LogP contribution in [0.4, 0.5) is 4.79 Å². The molecule has 3 atom stereocenters. The largest absolute Gasteiger partial charge is 0.445 e. The van der Waals surface area contributed by atoms with E-state index in [1.165, 1.54) is 13.0 Å². The molecule has 8 heteroatoms. The van der Waals surface area contributed by atoms with Crippen LogP contribution in [0.1, 0.15) is 6.92 Å². The molecule has 1 heterocycles. The normalized spacial score (nSPS) is 22.7. The summed E-state index contributed by atoms with van der Waals surface area (Å²) in [7, 11) is 0. The van der Waals surface area contributed by atoms with Gasteiger partial charge in [0, 0.05) is 0 Å². The minimum atomic E-state index is -0.815. The lowest BCUT2D eigenvalue weighted by Gasteiger charge is -2.37. The number of aliphatic hydroxyl groups is 1. The fraction of sp³-hybridized carbons (Fsp3) is 0.545. The van der Waals surface area contributed by atoms with Gasteiger partial charge in [-0.15, -0.1) is 0 Å². The number of β-lactam (4-membered cyclic amide) rings is 1. The molecule has 1 aliphatic rings. The molecule has 0 aromatic rings. The van der Waals surface area contributed by atoms with E-state index in [0.717, 1.165) is 11.8 Å². The van der Waals surface area contributed by atoms with E-state index in [-0.39, 0.29) is 24.2 Å². The van der Waals surface area contributed by atoms with Crippen LogP contribution < -0.4 is 10.6 Å². The molecular weight excluding hydrogens is 272 g/mol. The van der Waals surface area contributed by atoms with E-state index in [2.05, 4.69) is 21.9 Å². The number of amides is 2. The molecule has 19 heavy (non-hydrogen) atoms. The SMILES string of the molecule is C=CCOC(=O)NCC(=O)S[C@H]1NC(=O)[C@H]1C(C)O. The molecule has 1 aliphatic heterocycles. The van der Waals surface area contributed by atoms with E-state index in [4.69, 9.17) is 0 Å². The lowest BCUT2D eigenvalue weighted by molar-refractivity contribution is -0.136. The molecule has 0 aromatic carbocycles. The molecule has 7 nitrogen and oxygen atoms in total. The van der Waals surface area contributed by atoms with Crippen molar-refractivity contribution in [2.75, 3.05) is 13.2 Å². The Morgan fingerprint density at radius 3 is 2.89 bits per heavy atom. The van der Waals surface area contributed by atoms with Crippen molar-refractivity contribution in [1.82, 2.24) is 10.6 Å². The Morgan fingerprint density at radius 2 is 2.37 bits per heavy atom. The van der Waals surface area contributed by atoms with Gasteiger partial charge in [-0.25, -0.2) is 4.79 Å². The quantitative estimate of drug-likeness (QED) is 0.454. The van der Waals surface area contributed by atoms with Gasteiger partial charge in [-0.3, -0.25) is 9.59 Å². The number of thioether (sulfide) groups is 1. The number of hydrogen-bond acceptors (Lipinski definition) is 6. The Kier molecular flexibility index (Phi) is 5.84. The first-order valence-corrected chi connectivity index (χ1v) is 6.53. The third-order valence-electron chi connectivity index (χ3n) is 2.40. The van der Waals surface area contributed by atoms with Crippen LogP contribution in [0.3, 0.4) is 0 Å².